The van der Waals surface area contributed by atoms with Crippen LogP contribution in [-0.4, -0.2) is 0 Å². The average Bonchev–Trinajstić information content (AvgIpc) is 2.79. The van der Waals surface area contributed by atoms with Crippen LogP contribution in [0, 0.1) is 6.92 Å². The Labute approximate surface area is 187 Å². The molecule has 1 atom stereocenters. The molecule has 0 bridgehead atoms. The Morgan fingerprint density at radius 2 is 1.48 bits per heavy atom. The van der Waals surface area contributed by atoms with Crippen LogP contribution in [0.5, 0.6) is 0 Å². The topological polar surface area (TPSA) is 3.88 Å². The lowest BCUT2D eigenvalue weighted by Gasteiger charge is -2.38. The first-order valence-electron chi connectivity index (χ1n) is 11.5. The number of nitrogens with zero attached hydrogens (tertiary/aromatic N) is 1. The monoisotopic (exact) mass is 405 g/mol. The van der Waals surface area contributed by atoms with Crippen molar-refractivity contribution in [3.8, 4) is 22.4 Å². The number of benzene rings is 3. The van der Waals surface area contributed by atoms with Crippen molar-refractivity contribution < 1.29 is 5.94 Å². The predicted octanol–water partition coefficient (Wildman–Crippen LogP) is 6.94. The lowest BCUT2D eigenvalue weighted by molar-refractivity contribution is -0.660. The van der Waals surface area contributed by atoms with Crippen molar-refractivity contribution in [1.82, 2.24) is 0 Å². The Hall–Kier alpha value is -3.19. The third-order valence-electron chi connectivity index (χ3n) is 7.01. The van der Waals surface area contributed by atoms with E-state index >= 15 is 0 Å². The van der Waals surface area contributed by atoms with E-state index in [2.05, 4.69) is 117 Å². The zero-order valence-corrected chi connectivity index (χ0v) is 19.0. The fourth-order valence-corrected chi connectivity index (χ4v) is 5.09. The molecule has 1 aromatic heterocycles. The summed E-state index contributed by atoms with van der Waals surface area (Å²) in [5.41, 5.74) is 10.7. The zero-order valence-electron chi connectivity index (χ0n) is 20.0. The van der Waals surface area contributed by atoms with Crippen LogP contribution in [0.2, 0.25) is 0 Å². The zero-order chi connectivity index (χ0) is 22.7. The highest BCUT2D eigenvalue weighted by molar-refractivity contribution is 5.72. The van der Waals surface area contributed by atoms with Crippen molar-refractivity contribution >= 4 is 0 Å². The first kappa shape index (κ1) is 18.6. The maximum atomic E-state index is 9.24. The molecule has 1 heterocycles. The highest BCUT2D eigenvalue weighted by Gasteiger charge is 2.35. The van der Waals surface area contributed by atoms with Gasteiger partial charge in [-0.1, -0.05) is 75.4 Å². The van der Waals surface area contributed by atoms with Gasteiger partial charge in [0.15, 0.2) is 6.20 Å². The molecule has 31 heavy (non-hydrogen) atoms. The molecule has 0 amide bonds. The average molecular weight is 406 g/mol. The molecular formula is C30H30N+. The Balaban J connectivity index is 1.68. The van der Waals surface area contributed by atoms with Gasteiger partial charge in [0.2, 0.25) is 5.69 Å². The van der Waals surface area contributed by atoms with Gasteiger partial charge in [0.25, 0.3) is 0 Å². The van der Waals surface area contributed by atoms with Crippen LogP contribution in [0.25, 0.3) is 22.4 Å². The van der Waals surface area contributed by atoms with E-state index in [1.165, 1.54) is 39.1 Å². The summed E-state index contributed by atoms with van der Waals surface area (Å²) in [5, 5.41) is 0. The number of hydrogen-bond donors (Lipinski definition) is 0. The number of fused-ring (bicyclic) bond motifs is 2. The third-order valence-corrected chi connectivity index (χ3v) is 7.01. The summed E-state index contributed by atoms with van der Waals surface area (Å²) < 4.78 is 11.4. The molecule has 1 aliphatic rings. The standard InChI is InChI=1S/C30H30N/c1-20-10-6-7-11-24(20)29-19-23(16-17-31(29)5)22-14-15-26-21(2)25-12-8-9-13-27(25)30(3,4)28(26)18-22/h6-19,21H,1-5H3/q+1/i21D. The van der Waals surface area contributed by atoms with Gasteiger partial charge in [-0.2, -0.15) is 0 Å². The summed E-state index contributed by atoms with van der Waals surface area (Å²) in [4.78, 5) is 0. The molecule has 1 nitrogen and oxygen atoms in total. The van der Waals surface area contributed by atoms with Crippen LogP contribution in [0.15, 0.2) is 85.1 Å². The maximum absolute atomic E-state index is 9.24. The molecule has 1 unspecified atom stereocenters. The highest BCUT2D eigenvalue weighted by atomic mass is 14.9. The minimum Gasteiger partial charge on any atom is -0.201 e. The van der Waals surface area contributed by atoms with Crippen LogP contribution in [0.3, 0.4) is 0 Å². The van der Waals surface area contributed by atoms with E-state index in [1.807, 2.05) is 6.92 Å². The van der Waals surface area contributed by atoms with Crippen molar-refractivity contribution in [3.05, 3.63) is 113 Å². The van der Waals surface area contributed by atoms with E-state index in [1.54, 1.807) is 0 Å². The van der Waals surface area contributed by atoms with Gasteiger partial charge in [-0.05, 0) is 58.0 Å². The van der Waals surface area contributed by atoms with Crippen LogP contribution < -0.4 is 4.57 Å². The van der Waals surface area contributed by atoms with Gasteiger partial charge in [-0.15, -0.1) is 0 Å². The summed E-state index contributed by atoms with van der Waals surface area (Å²) in [6.45, 7) is 8.76. The fraction of sp³-hybridized carbons (Fsp3) is 0.233. The molecule has 5 rings (SSSR count). The third kappa shape index (κ3) is 3.11. The van der Waals surface area contributed by atoms with E-state index in [0.29, 0.717) is 0 Å². The summed E-state index contributed by atoms with van der Waals surface area (Å²) in [5.74, 6) is -0.755. The van der Waals surface area contributed by atoms with Crippen LogP contribution >= 0.6 is 0 Å². The smallest absolute Gasteiger partial charge is 0.201 e. The number of aryl methyl sites for hydroxylation is 2. The van der Waals surface area contributed by atoms with Crippen molar-refractivity contribution in [2.75, 3.05) is 0 Å². The quantitative estimate of drug-likeness (QED) is 0.318. The van der Waals surface area contributed by atoms with E-state index in [9.17, 15) is 1.37 Å². The maximum Gasteiger partial charge on any atom is 0.213 e. The number of hydrogen-bond acceptors (Lipinski definition) is 0. The number of rotatable bonds is 2. The van der Waals surface area contributed by atoms with Crippen molar-refractivity contribution in [2.24, 2.45) is 7.05 Å². The second-order valence-corrected chi connectivity index (χ2v) is 9.28. The molecular weight excluding hydrogens is 374 g/mol. The molecule has 1 heteroatoms. The lowest BCUT2D eigenvalue weighted by Crippen LogP contribution is -2.30. The summed E-state index contributed by atoms with van der Waals surface area (Å²) in [6, 6.07) is 28.1. The largest absolute Gasteiger partial charge is 0.213 e. The molecule has 4 aromatic rings. The van der Waals surface area contributed by atoms with Gasteiger partial charge in [-0.3, -0.25) is 0 Å². The minimum atomic E-state index is -0.755. The Kier molecular flexibility index (Phi) is 4.31. The highest BCUT2D eigenvalue weighted by Crippen LogP contribution is 2.47. The Morgan fingerprint density at radius 1 is 0.806 bits per heavy atom. The molecule has 0 saturated carbocycles. The molecule has 0 N–H and O–H groups in total. The van der Waals surface area contributed by atoms with E-state index in [4.69, 9.17) is 0 Å². The van der Waals surface area contributed by atoms with Gasteiger partial charge >= 0.3 is 0 Å². The molecule has 0 radical (unpaired) electrons. The van der Waals surface area contributed by atoms with Crippen molar-refractivity contribution in [3.63, 3.8) is 0 Å². The molecule has 0 spiro atoms. The minimum absolute atomic E-state index is 0.152. The summed E-state index contributed by atoms with van der Waals surface area (Å²) in [7, 11) is 2.10. The van der Waals surface area contributed by atoms with Crippen LogP contribution in [0.4, 0.5) is 0 Å². The van der Waals surface area contributed by atoms with Gasteiger partial charge < -0.3 is 0 Å². The van der Waals surface area contributed by atoms with Gasteiger partial charge in [0.05, 0.1) is 0 Å². The van der Waals surface area contributed by atoms with Crippen LogP contribution in [-0.2, 0) is 12.5 Å². The molecule has 154 valence electrons. The van der Waals surface area contributed by atoms with Crippen LogP contribution in [0.1, 0.15) is 55.9 Å². The van der Waals surface area contributed by atoms with Crippen molar-refractivity contribution in [2.45, 2.75) is 39.0 Å². The second-order valence-electron chi connectivity index (χ2n) is 9.28. The summed E-state index contributed by atoms with van der Waals surface area (Å²) in [6.07, 6.45) is 2.14. The van der Waals surface area contributed by atoms with Crippen molar-refractivity contribution in [1.29, 1.82) is 0 Å². The van der Waals surface area contributed by atoms with E-state index in [-0.39, 0.29) is 5.41 Å². The Bertz CT molecular complexity index is 1350. The molecule has 0 fully saturated rings. The van der Waals surface area contributed by atoms with E-state index in [0.717, 1.165) is 11.1 Å². The molecule has 0 aliphatic heterocycles. The first-order valence-corrected chi connectivity index (χ1v) is 11.0. The van der Waals surface area contributed by atoms with Gasteiger partial charge in [0.1, 0.15) is 7.05 Å². The molecule has 1 aliphatic carbocycles. The second kappa shape index (κ2) is 7.20. The number of pyridine rings is 1. The molecule has 0 saturated heterocycles. The van der Waals surface area contributed by atoms with E-state index < -0.39 is 5.89 Å². The fourth-order valence-electron chi connectivity index (χ4n) is 5.09. The Morgan fingerprint density at radius 3 is 2.29 bits per heavy atom. The predicted molar refractivity (Wildman–Crippen MR) is 129 cm³/mol. The first-order chi connectivity index (χ1) is 15.2. The lowest BCUT2D eigenvalue weighted by atomic mass is 9.65. The molecule has 3 aromatic carbocycles. The van der Waals surface area contributed by atoms with Gasteiger partial charge in [0, 0.05) is 30.4 Å². The summed E-state index contributed by atoms with van der Waals surface area (Å²) >= 11 is 0. The number of aromatic nitrogens is 1. The normalized spacial score (nSPS) is 19.3. The SMILES string of the molecule is [2H]C1(C)c2ccccc2C(C)(C)c2cc(-c3cc[n+](C)c(-c4ccccc4C)c3)ccc21. The van der Waals surface area contributed by atoms with Gasteiger partial charge in [-0.25, -0.2) is 4.57 Å².